The molecule has 34 heavy (non-hydrogen) atoms. The molecule has 1 saturated heterocycles. The van der Waals surface area contributed by atoms with Crippen LogP contribution in [0.1, 0.15) is 17.5 Å². The summed E-state index contributed by atoms with van der Waals surface area (Å²) < 4.78 is 17.5. The largest absolute Gasteiger partial charge is 0.493 e. The smallest absolute Gasteiger partial charge is 0.266 e. The van der Waals surface area contributed by atoms with Gasteiger partial charge in [-0.3, -0.25) is 9.69 Å². The third-order valence-corrected chi connectivity index (χ3v) is 6.47. The number of rotatable bonds is 10. The molecule has 0 radical (unpaired) electrons. The van der Waals surface area contributed by atoms with Crippen LogP contribution in [0.25, 0.3) is 6.08 Å². The SMILES string of the molecule is COc1ccccc1OCCCOc1cccc(C=C2SC(=S)N(Cc3ccccc3)C2=O)c1. The van der Waals surface area contributed by atoms with Gasteiger partial charge in [-0.1, -0.05) is 78.6 Å². The molecular weight excluding hydrogens is 466 g/mol. The van der Waals surface area contributed by atoms with Crippen molar-refractivity contribution >= 4 is 40.3 Å². The molecule has 174 valence electrons. The standard InChI is InChI=1S/C27H25NO4S2/c1-30-23-13-5-6-14-24(23)32-16-8-15-31-22-12-7-11-21(17-22)18-25-26(29)28(27(33)34-25)19-20-9-3-2-4-10-20/h2-7,9-14,17-18H,8,15-16,19H2,1H3. The lowest BCUT2D eigenvalue weighted by atomic mass is 10.2. The monoisotopic (exact) mass is 491 g/mol. The molecule has 0 N–H and O–H groups in total. The topological polar surface area (TPSA) is 48.0 Å². The van der Waals surface area contributed by atoms with Crippen LogP contribution in [0.3, 0.4) is 0 Å². The van der Waals surface area contributed by atoms with Gasteiger partial charge < -0.3 is 14.2 Å². The van der Waals surface area contributed by atoms with Crippen molar-refractivity contribution in [2.24, 2.45) is 0 Å². The van der Waals surface area contributed by atoms with Crippen molar-refractivity contribution in [3.63, 3.8) is 0 Å². The van der Waals surface area contributed by atoms with Gasteiger partial charge in [0.2, 0.25) is 0 Å². The minimum atomic E-state index is -0.0707. The minimum Gasteiger partial charge on any atom is -0.493 e. The van der Waals surface area contributed by atoms with Gasteiger partial charge in [-0.05, 0) is 41.5 Å². The Morgan fingerprint density at radius 2 is 1.65 bits per heavy atom. The molecule has 1 heterocycles. The molecule has 0 bridgehead atoms. The molecule has 1 aliphatic rings. The van der Waals surface area contributed by atoms with Crippen molar-refractivity contribution in [3.05, 3.63) is 94.9 Å². The lowest BCUT2D eigenvalue weighted by Crippen LogP contribution is -2.27. The van der Waals surface area contributed by atoms with E-state index in [1.807, 2.05) is 84.9 Å². The van der Waals surface area contributed by atoms with Crippen molar-refractivity contribution in [2.75, 3.05) is 20.3 Å². The number of carbonyl (C=O) groups excluding carboxylic acids is 1. The van der Waals surface area contributed by atoms with E-state index in [4.69, 9.17) is 26.4 Å². The summed E-state index contributed by atoms with van der Waals surface area (Å²) in [5.41, 5.74) is 1.94. The van der Waals surface area contributed by atoms with Crippen LogP contribution >= 0.6 is 24.0 Å². The van der Waals surface area contributed by atoms with Crippen LogP contribution in [-0.4, -0.2) is 35.5 Å². The fourth-order valence-electron chi connectivity index (χ4n) is 3.42. The average molecular weight is 492 g/mol. The Balaban J connectivity index is 1.30. The number of para-hydroxylation sites is 2. The minimum absolute atomic E-state index is 0.0707. The molecule has 7 heteroatoms. The summed E-state index contributed by atoms with van der Waals surface area (Å²) in [7, 11) is 1.62. The lowest BCUT2D eigenvalue weighted by molar-refractivity contribution is -0.122. The number of hydrogen-bond acceptors (Lipinski definition) is 6. The highest BCUT2D eigenvalue weighted by Crippen LogP contribution is 2.34. The van der Waals surface area contributed by atoms with Crippen LogP contribution < -0.4 is 14.2 Å². The van der Waals surface area contributed by atoms with Gasteiger partial charge in [0.1, 0.15) is 10.1 Å². The highest BCUT2D eigenvalue weighted by atomic mass is 32.2. The summed E-state index contributed by atoms with van der Waals surface area (Å²) in [5.74, 6) is 2.10. The quantitative estimate of drug-likeness (QED) is 0.199. The van der Waals surface area contributed by atoms with E-state index in [1.54, 1.807) is 12.0 Å². The van der Waals surface area contributed by atoms with Gasteiger partial charge in [0, 0.05) is 6.42 Å². The van der Waals surface area contributed by atoms with E-state index in [2.05, 4.69) is 0 Å². The summed E-state index contributed by atoms with van der Waals surface area (Å²) in [5, 5.41) is 0. The van der Waals surface area contributed by atoms with Crippen molar-refractivity contribution in [3.8, 4) is 17.2 Å². The van der Waals surface area contributed by atoms with Crippen molar-refractivity contribution in [2.45, 2.75) is 13.0 Å². The summed E-state index contributed by atoms with van der Waals surface area (Å²) in [4.78, 5) is 15.2. The molecule has 0 aromatic heterocycles. The van der Waals surface area contributed by atoms with E-state index in [0.29, 0.717) is 34.7 Å². The Bertz CT molecular complexity index is 1180. The second kappa shape index (κ2) is 11.7. The van der Waals surface area contributed by atoms with E-state index in [-0.39, 0.29) is 5.91 Å². The molecule has 0 unspecified atom stereocenters. The number of methoxy groups -OCH3 is 1. The van der Waals surface area contributed by atoms with Gasteiger partial charge in [-0.15, -0.1) is 0 Å². The number of thioether (sulfide) groups is 1. The molecule has 4 rings (SSSR count). The maximum Gasteiger partial charge on any atom is 0.266 e. The number of benzene rings is 3. The highest BCUT2D eigenvalue weighted by molar-refractivity contribution is 8.26. The zero-order valence-electron chi connectivity index (χ0n) is 18.8. The maximum atomic E-state index is 12.9. The number of carbonyl (C=O) groups is 1. The van der Waals surface area contributed by atoms with Gasteiger partial charge in [0.15, 0.2) is 11.5 Å². The Hall–Kier alpha value is -3.29. The van der Waals surface area contributed by atoms with Crippen LogP contribution in [0.2, 0.25) is 0 Å². The number of hydrogen-bond donors (Lipinski definition) is 0. The predicted octanol–water partition coefficient (Wildman–Crippen LogP) is 5.94. The Morgan fingerprint density at radius 3 is 2.44 bits per heavy atom. The first-order valence-electron chi connectivity index (χ1n) is 10.9. The number of thiocarbonyl (C=S) groups is 1. The Morgan fingerprint density at radius 1 is 0.912 bits per heavy atom. The molecule has 1 fully saturated rings. The maximum absolute atomic E-state index is 12.9. The number of ether oxygens (including phenoxy) is 3. The van der Waals surface area contributed by atoms with Crippen LogP contribution in [0.4, 0.5) is 0 Å². The lowest BCUT2D eigenvalue weighted by Gasteiger charge is -2.14. The van der Waals surface area contributed by atoms with E-state index in [9.17, 15) is 4.79 Å². The summed E-state index contributed by atoms with van der Waals surface area (Å²) in [6, 6.07) is 25.1. The second-order valence-electron chi connectivity index (χ2n) is 7.53. The van der Waals surface area contributed by atoms with Gasteiger partial charge in [-0.2, -0.15) is 0 Å². The third-order valence-electron chi connectivity index (χ3n) is 5.10. The van der Waals surface area contributed by atoms with E-state index in [1.165, 1.54) is 11.8 Å². The first-order chi connectivity index (χ1) is 16.6. The van der Waals surface area contributed by atoms with Gasteiger partial charge >= 0.3 is 0 Å². The van der Waals surface area contributed by atoms with Crippen molar-refractivity contribution in [1.82, 2.24) is 4.90 Å². The molecule has 0 atom stereocenters. The van der Waals surface area contributed by atoms with Gasteiger partial charge in [-0.25, -0.2) is 0 Å². The third kappa shape index (κ3) is 6.18. The highest BCUT2D eigenvalue weighted by Gasteiger charge is 2.31. The van der Waals surface area contributed by atoms with Crippen molar-refractivity contribution in [1.29, 1.82) is 0 Å². The van der Waals surface area contributed by atoms with E-state index >= 15 is 0 Å². The van der Waals surface area contributed by atoms with Crippen LogP contribution in [0.5, 0.6) is 17.2 Å². The molecule has 0 saturated carbocycles. The first kappa shape index (κ1) is 23.9. The van der Waals surface area contributed by atoms with Crippen LogP contribution in [-0.2, 0) is 11.3 Å². The normalized spacial score (nSPS) is 14.5. The molecule has 0 spiro atoms. The number of nitrogens with zero attached hydrogens (tertiary/aromatic N) is 1. The van der Waals surface area contributed by atoms with E-state index in [0.717, 1.165) is 29.0 Å². The first-order valence-corrected chi connectivity index (χ1v) is 12.1. The summed E-state index contributed by atoms with van der Waals surface area (Å²) in [6.45, 7) is 1.50. The zero-order valence-corrected chi connectivity index (χ0v) is 20.4. The Labute approximate surface area is 209 Å². The summed E-state index contributed by atoms with van der Waals surface area (Å²) in [6.07, 6.45) is 2.59. The molecule has 3 aromatic carbocycles. The summed E-state index contributed by atoms with van der Waals surface area (Å²) >= 11 is 6.78. The average Bonchev–Trinajstić information content (AvgIpc) is 3.12. The van der Waals surface area contributed by atoms with Crippen LogP contribution in [0, 0.1) is 0 Å². The molecule has 0 aliphatic carbocycles. The predicted molar refractivity (Wildman–Crippen MR) is 140 cm³/mol. The molecule has 3 aromatic rings. The van der Waals surface area contributed by atoms with Crippen LogP contribution in [0.15, 0.2) is 83.8 Å². The zero-order chi connectivity index (χ0) is 23.8. The fourth-order valence-corrected chi connectivity index (χ4v) is 4.67. The second-order valence-corrected chi connectivity index (χ2v) is 9.20. The molecule has 5 nitrogen and oxygen atoms in total. The molecular formula is C27H25NO4S2. The van der Waals surface area contributed by atoms with Gasteiger partial charge in [0.05, 0.1) is 31.8 Å². The Kier molecular flexibility index (Phi) is 8.22. The number of amides is 1. The van der Waals surface area contributed by atoms with Gasteiger partial charge in [0.25, 0.3) is 5.91 Å². The fraction of sp³-hybridized carbons (Fsp3) is 0.185. The van der Waals surface area contributed by atoms with E-state index < -0.39 is 0 Å². The van der Waals surface area contributed by atoms with Crippen molar-refractivity contribution < 1.29 is 19.0 Å². The molecule has 1 amide bonds. The molecule has 1 aliphatic heterocycles.